The third kappa shape index (κ3) is 4.60. The minimum Gasteiger partial charge on any atom is -0.457 e. The number of carbonyl (C=O) groups excluding carboxylic acids is 3. The number of carbonyl (C=O) groups is 3. The number of ether oxygens (including phenoxy) is 1. The van der Waals surface area contributed by atoms with Gasteiger partial charge < -0.3 is 15.0 Å². The van der Waals surface area contributed by atoms with E-state index in [4.69, 9.17) is 10.5 Å². The predicted octanol–water partition coefficient (Wildman–Crippen LogP) is 1.56. The molecule has 0 aromatic carbocycles. The van der Waals surface area contributed by atoms with Crippen LogP contribution < -0.4 is 5.73 Å². The van der Waals surface area contributed by atoms with Crippen molar-refractivity contribution in [2.45, 2.75) is 32.9 Å². The number of primary amides is 1. The molecule has 3 aromatic heterocycles. The molecule has 0 aliphatic rings. The molecule has 0 aliphatic carbocycles. The lowest BCUT2D eigenvalue weighted by Crippen LogP contribution is -2.15. The van der Waals surface area contributed by atoms with Crippen molar-refractivity contribution in [2.24, 2.45) is 12.8 Å². The van der Waals surface area contributed by atoms with E-state index in [2.05, 4.69) is 15.1 Å². The van der Waals surface area contributed by atoms with Gasteiger partial charge in [0.15, 0.2) is 6.61 Å². The molecule has 0 atom stereocenters. The second-order valence-corrected chi connectivity index (χ2v) is 7.08. The van der Waals surface area contributed by atoms with E-state index in [-0.39, 0.29) is 29.9 Å². The zero-order valence-electron chi connectivity index (χ0n) is 17.4. The van der Waals surface area contributed by atoms with Crippen LogP contribution in [-0.4, -0.2) is 48.4 Å². The van der Waals surface area contributed by atoms with Gasteiger partial charge in [0, 0.05) is 36.6 Å². The lowest BCUT2D eigenvalue weighted by Gasteiger charge is -2.10. The molecule has 3 heterocycles. The third-order valence-corrected chi connectivity index (χ3v) is 4.83. The van der Waals surface area contributed by atoms with Crippen LogP contribution in [0.4, 0.5) is 13.2 Å². The molecule has 0 fully saturated rings. The summed E-state index contributed by atoms with van der Waals surface area (Å²) in [4.78, 5) is 43.0. The van der Waals surface area contributed by atoms with E-state index in [1.807, 2.05) is 0 Å². The molecule has 13 heteroatoms. The Kier molecular flexibility index (Phi) is 6.01. The molecular formula is C19H19F3N6O4. The lowest BCUT2D eigenvalue weighted by molar-refractivity contribution is -0.145. The Balaban J connectivity index is 1.65. The predicted molar refractivity (Wildman–Crippen MR) is 103 cm³/mol. The normalized spacial score (nSPS) is 11.7. The van der Waals surface area contributed by atoms with Crippen molar-refractivity contribution < 1.29 is 32.3 Å². The first-order chi connectivity index (χ1) is 14.9. The minimum absolute atomic E-state index is 0.117. The summed E-state index contributed by atoms with van der Waals surface area (Å²) in [5, 5.41) is 3.45. The lowest BCUT2D eigenvalue weighted by atomic mass is 10.1. The van der Waals surface area contributed by atoms with Crippen molar-refractivity contribution in [3.8, 4) is 0 Å². The van der Waals surface area contributed by atoms with Crippen LogP contribution >= 0.6 is 0 Å². The highest BCUT2D eigenvalue weighted by atomic mass is 19.4. The van der Waals surface area contributed by atoms with Crippen molar-refractivity contribution in [3.05, 3.63) is 46.3 Å². The molecule has 0 radical (unpaired) electrons. The molecule has 0 unspecified atom stereocenters. The fourth-order valence-corrected chi connectivity index (χ4v) is 3.18. The molecule has 0 saturated heterocycles. The van der Waals surface area contributed by atoms with Crippen LogP contribution in [0.3, 0.4) is 0 Å². The number of fused-ring (bicyclic) bond motifs is 1. The number of hydrogen-bond acceptors (Lipinski definition) is 7. The summed E-state index contributed by atoms with van der Waals surface area (Å²) in [7, 11) is 1.55. The molecule has 3 aromatic rings. The monoisotopic (exact) mass is 452 g/mol. The number of aromatic nitrogens is 5. The second-order valence-electron chi connectivity index (χ2n) is 7.08. The van der Waals surface area contributed by atoms with E-state index in [1.54, 1.807) is 20.9 Å². The van der Waals surface area contributed by atoms with Gasteiger partial charge in [0.25, 0.3) is 17.5 Å². The van der Waals surface area contributed by atoms with Gasteiger partial charge >= 0.3 is 12.1 Å². The Morgan fingerprint density at radius 3 is 2.47 bits per heavy atom. The second kappa shape index (κ2) is 8.40. The van der Waals surface area contributed by atoms with Crippen molar-refractivity contribution >= 4 is 23.4 Å². The van der Waals surface area contributed by atoms with E-state index >= 15 is 0 Å². The molecule has 0 spiro atoms. The van der Waals surface area contributed by atoms with Crippen LogP contribution in [0.1, 0.15) is 50.0 Å². The van der Waals surface area contributed by atoms with Gasteiger partial charge in [-0.15, -0.1) is 5.10 Å². The first-order valence-corrected chi connectivity index (χ1v) is 9.33. The van der Waals surface area contributed by atoms with Gasteiger partial charge in [-0.05, 0) is 31.9 Å². The maximum absolute atomic E-state index is 12.9. The number of halogens is 3. The zero-order chi connectivity index (χ0) is 23.8. The number of Topliss-reactive ketones (excluding diaryl/α,β-unsaturated/α-hetero) is 1. The molecule has 32 heavy (non-hydrogen) atoms. The molecule has 0 aliphatic heterocycles. The van der Waals surface area contributed by atoms with E-state index in [0.717, 1.165) is 4.52 Å². The van der Waals surface area contributed by atoms with Gasteiger partial charge in [-0.25, -0.2) is 9.50 Å². The van der Waals surface area contributed by atoms with Crippen molar-refractivity contribution in [1.82, 2.24) is 24.1 Å². The Bertz CT molecular complexity index is 1230. The number of ketones is 1. The number of esters is 1. The number of amides is 1. The van der Waals surface area contributed by atoms with Crippen LogP contribution in [0.15, 0.2) is 12.3 Å². The number of rotatable bonds is 7. The number of aryl methyl sites for hydroxylation is 3. The number of nitrogens with two attached hydrogens (primary N) is 1. The Morgan fingerprint density at radius 1 is 1.19 bits per heavy atom. The van der Waals surface area contributed by atoms with Crippen LogP contribution in [-0.2, 0) is 29.2 Å². The van der Waals surface area contributed by atoms with Crippen LogP contribution in [0.25, 0.3) is 5.78 Å². The topological polar surface area (TPSA) is 134 Å². The van der Waals surface area contributed by atoms with E-state index in [0.29, 0.717) is 17.0 Å². The molecule has 0 bridgehead atoms. The van der Waals surface area contributed by atoms with E-state index in [9.17, 15) is 27.6 Å². The number of alkyl halides is 3. The Labute approximate surface area is 179 Å². The summed E-state index contributed by atoms with van der Waals surface area (Å²) in [6.45, 7) is 2.60. The van der Waals surface area contributed by atoms with Gasteiger partial charge in [0.1, 0.15) is 5.69 Å². The smallest absolute Gasteiger partial charge is 0.453 e. The van der Waals surface area contributed by atoms with Gasteiger partial charge in [-0.1, -0.05) is 0 Å². The zero-order valence-corrected chi connectivity index (χ0v) is 17.4. The summed E-state index contributed by atoms with van der Waals surface area (Å²) in [6.07, 6.45) is -3.32. The van der Waals surface area contributed by atoms with Gasteiger partial charge in [-0.3, -0.25) is 14.4 Å². The SMILES string of the molecule is Cc1nc2nc(C(F)(F)F)nn2c(C)c1CCC(=O)OCC(=O)c1cc(C(N)=O)n(C)c1. The van der Waals surface area contributed by atoms with Crippen LogP contribution in [0.5, 0.6) is 0 Å². The first kappa shape index (κ1) is 22.9. The fourth-order valence-electron chi connectivity index (χ4n) is 3.18. The van der Waals surface area contributed by atoms with Gasteiger partial charge in [0.2, 0.25) is 5.78 Å². The molecular weight excluding hydrogens is 433 g/mol. The quantitative estimate of drug-likeness (QED) is 0.425. The summed E-state index contributed by atoms with van der Waals surface area (Å²) >= 11 is 0. The molecule has 170 valence electrons. The standard InChI is InChI=1S/C19H19F3N6O4/c1-9-12(10(2)28-18(24-9)25-17(26-28)19(20,21)22)4-5-15(30)32-8-14(29)11-6-13(16(23)31)27(3)7-11/h6-7H,4-5,8H2,1-3H3,(H2,23,31). The van der Waals surface area contributed by atoms with E-state index in [1.165, 1.54) is 16.8 Å². The van der Waals surface area contributed by atoms with Crippen LogP contribution in [0.2, 0.25) is 0 Å². The number of nitrogens with zero attached hydrogens (tertiary/aromatic N) is 5. The van der Waals surface area contributed by atoms with Crippen molar-refractivity contribution in [3.63, 3.8) is 0 Å². The number of hydrogen-bond donors (Lipinski definition) is 1. The molecule has 10 nitrogen and oxygen atoms in total. The van der Waals surface area contributed by atoms with Crippen molar-refractivity contribution in [2.75, 3.05) is 6.61 Å². The highest BCUT2D eigenvalue weighted by molar-refractivity contribution is 6.01. The highest BCUT2D eigenvalue weighted by Gasteiger charge is 2.37. The maximum atomic E-state index is 12.9. The largest absolute Gasteiger partial charge is 0.457 e. The fraction of sp³-hybridized carbons (Fsp3) is 0.368. The Morgan fingerprint density at radius 2 is 1.88 bits per heavy atom. The third-order valence-electron chi connectivity index (χ3n) is 4.83. The van der Waals surface area contributed by atoms with Gasteiger partial charge in [-0.2, -0.15) is 18.2 Å². The molecule has 3 rings (SSSR count). The minimum atomic E-state index is -4.71. The Hall–Kier alpha value is -3.77. The maximum Gasteiger partial charge on any atom is 0.453 e. The van der Waals surface area contributed by atoms with E-state index < -0.39 is 36.3 Å². The average molecular weight is 452 g/mol. The molecule has 2 N–H and O–H groups in total. The van der Waals surface area contributed by atoms with Gasteiger partial charge in [0.05, 0.1) is 0 Å². The first-order valence-electron chi connectivity index (χ1n) is 9.33. The van der Waals surface area contributed by atoms with Crippen LogP contribution in [0, 0.1) is 13.8 Å². The van der Waals surface area contributed by atoms with Crippen molar-refractivity contribution in [1.29, 1.82) is 0 Å². The molecule has 0 saturated carbocycles. The summed E-state index contributed by atoms with van der Waals surface area (Å²) in [5.41, 5.74) is 6.79. The summed E-state index contributed by atoms with van der Waals surface area (Å²) < 4.78 is 46.0. The average Bonchev–Trinajstić information content (AvgIpc) is 3.29. The highest BCUT2D eigenvalue weighted by Crippen LogP contribution is 2.27. The summed E-state index contributed by atoms with van der Waals surface area (Å²) in [6, 6.07) is 1.30. The molecule has 1 amide bonds. The summed E-state index contributed by atoms with van der Waals surface area (Å²) in [5.74, 6) is -3.39.